The maximum absolute atomic E-state index is 13.3. The van der Waals surface area contributed by atoms with Crippen molar-refractivity contribution < 1.29 is 19.0 Å². The minimum absolute atomic E-state index is 0.190. The highest BCUT2D eigenvalue weighted by Crippen LogP contribution is 2.46. The number of para-hydroxylation sites is 1. The number of anilines is 1. The first kappa shape index (κ1) is 17.6. The smallest absolute Gasteiger partial charge is 0.311 e. The number of hydrogen-bond donors (Lipinski definition) is 1. The van der Waals surface area contributed by atoms with Crippen molar-refractivity contribution in [1.29, 1.82) is 0 Å². The van der Waals surface area contributed by atoms with Crippen LogP contribution in [0.5, 0.6) is 0 Å². The molecule has 0 aromatic heterocycles. The predicted octanol–water partition coefficient (Wildman–Crippen LogP) is 2.48. The molecule has 3 heterocycles. The number of hydrogen-bond acceptors (Lipinski definition) is 4. The number of thiocarbonyl (C=S) groups is 1. The monoisotopic (exact) mass is 398 g/mol. The normalized spacial score (nSPS) is 31.1. The van der Waals surface area contributed by atoms with E-state index in [1.165, 1.54) is 12.1 Å². The van der Waals surface area contributed by atoms with Gasteiger partial charge in [-0.25, -0.2) is 4.39 Å². The van der Waals surface area contributed by atoms with Gasteiger partial charge in [0.2, 0.25) is 0 Å². The second kappa shape index (κ2) is 6.53. The zero-order valence-electron chi connectivity index (χ0n) is 14.9. The molecular weight excluding hydrogens is 379 g/mol. The Hall–Kier alpha value is -2.51. The Balaban J connectivity index is 1.56. The third kappa shape index (κ3) is 2.61. The molecule has 3 saturated heterocycles. The minimum atomic E-state index is -0.710. The first-order valence-corrected chi connectivity index (χ1v) is 9.73. The zero-order chi connectivity index (χ0) is 19.4. The molecule has 5 atom stereocenters. The van der Waals surface area contributed by atoms with Crippen LogP contribution in [-0.4, -0.2) is 45.4 Å². The van der Waals surface area contributed by atoms with Crippen LogP contribution in [0.15, 0.2) is 54.6 Å². The Morgan fingerprint density at radius 3 is 2.54 bits per heavy atom. The SMILES string of the molecule is O=C1O[C@@H]2[C@H]3[C@@H]([C@@H]1C[C@H]2O)N(c1ccccc1)C(=S)N3Cc1ccc(F)cc1. The number of aliphatic hydroxyl groups is 1. The van der Waals surface area contributed by atoms with Crippen LogP contribution in [0.25, 0.3) is 0 Å². The van der Waals surface area contributed by atoms with E-state index in [-0.39, 0.29) is 23.9 Å². The Morgan fingerprint density at radius 2 is 1.82 bits per heavy atom. The maximum Gasteiger partial charge on any atom is 0.311 e. The van der Waals surface area contributed by atoms with Crippen molar-refractivity contribution in [2.24, 2.45) is 5.92 Å². The lowest BCUT2D eigenvalue weighted by atomic mass is 9.74. The number of fused-ring (bicyclic) bond motifs is 2. The number of ether oxygens (including phenoxy) is 1. The number of rotatable bonds is 3. The molecule has 0 radical (unpaired) electrons. The lowest BCUT2D eigenvalue weighted by Gasteiger charge is -2.49. The van der Waals surface area contributed by atoms with E-state index >= 15 is 0 Å². The molecule has 1 N–H and O–H groups in total. The van der Waals surface area contributed by atoms with Gasteiger partial charge in [0, 0.05) is 12.2 Å². The fraction of sp³-hybridized carbons (Fsp3) is 0.333. The Labute approximate surface area is 167 Å². The molecule has 0 spiro atoms. The summed E-state index contributed by atoms with van der Waals surface area (Å²) >= 11 is 5.82. The fourth-order valence-electron chi connectivity index (χ4n) is 4.72. The van der Waals surface area contributed by atoms with Gasteiger partial charge < -0.3 is 19.6 Å². The van der Waals surface area contributed by atoms with Crippen molar-refractivity contribution in [3.8, 4) is 0 Å². The van der Waals surface area contributed by atoms with Crippen LogP contribution in [0.3, 0.4) is 0 Å². The van der Waals surface area contributed by atoms with Gasteiger partial charge in [-0.2, -0.15) is 0 Å². The van der Waals surface area contributed by atoms with Crippen LogP contribution in [0, 0.1) is 11.7 Å². The molecule has 3 aliphatic heterocycles. The van der Waals surface area contributed by atoms with Crippen molar-refractivity contribution in [2.75, 3.05) is 4.90 Å². The van der Waals surface area contributed by atoms with Gasteiger partial charge in [-0.3, -0.25) is 4.79 Å². The highest BCUT2D eigenvalue weighted by atomic mass is 32.1. The van der Waals surface area contributed by atoms with Crippen LogP contribution in [0.4, 0.5) is 10.1 Å². The zero-order valence-corrected chi connectivity index (χ0v) is 15.8. The molecule has 1 saturated carbocycles. The molecule has 144 valence electrons. The third-order valence-corrected chi connectivity index (χ3v) is 6.37. The highest BCUT2D eigenvalue weighted by Gasteiger charge is 2.62. The molecule has 1 aliphatic carbocycles. The van der Waals surface area contributed by atoms with E-state index < -0.39 is 18.1 Å². The summed E-state index contributed by atoms with van der Waals surface area (Å²) in [4.78, 5) is 16.5. The molecule has 2 bridgehead atoms. The first-order chi connectivity index (χ1) is 13.5. The standard InChI is InChI=1S/C21H19FN2O3S/c22-13-8-6-12(7-9-13)11-23-18-17(15-10-16(25)19(18)27-20(15)26)24(21(23)28)14-4-2-1-3-5-14/h1-9,15-19,25H,10-11H2/t15-,16+,17+,18+,19-/m0/s1. The summed E-state index contributed by atoms with van der Waals surface area (Å²) in [5, 5.41) is 11.1. The first-order valence-electron chi connectivity index (χ1n) is 9.32. The van der Waals surface area contributed by atoms with Gasteiger partial charge in [-0.1, -0.05) is 30.3 Å². The molecule has 4 aliphatic rings. The molecular formula is C21H19FN2O3S. The molecule has 7 heteroatoms. The third-order valence-electron chi connectivity index (χ3n) is 5.94. The van der Waals surface area contributed by atoms with E-state index in [0.29, 0.717) is 18.1 Å². The fourth-order valence-corrected chi connectivity index (χ4v) is 5.13. The number of benzene rings is 2. The molecule has 2 aromatic rings. The van der Waals surface area contributed by atoms with Crippen molar-refractivity contribution >= 4 is 29.0 Å². The van der Waals surface area contributed by atoms with Gasteiger partial charge >= 0.3 is 5.97 Å². The van der Waals surface area contributed by atoms with E-state index in [0.717, 1.165) is 11.3 Å². The van der Waals surface area contributed by atoms with Crippen molar-refractivity contribution in [1.82, 2.24) is 4.90 Å². The van der Waals surface area contributed by atoms with E-state index in [9.17, 15) is 14.3 Å². The Kier molecular flexibility index (Phi) is 4.10. The number of carbonyl (C=O) groups excluding carboxylic acids is 1. The lowest BCUT2D eigenvalue weighted by Crippen LogP contribution is -2.66. The number of carbonyl (C=O) groups is 1. The largest absolute Gasteiger partial charge is 0.457 e. The summed E-state index contributed by atoms with van der Waals surface area (Å²) in [5.41, 5.74) is 1.82. The van der Waals surface area contributed by atoms with E-state index in [2.05, 4.69) is 0 Å². The quantitative estimate of drug-likeness (QED) is 0.633. The minimum Gasteiger partial charge on any atom is -0.457 e. The second-order valence-electron chi connectivity index (χ2n) is 7.53. The van der Waals surface area contributed by atoms with Crippen molar-refractivity contribution in [2.45, 2.75) is 37.3 Å². The van der Waals surface area contributed by atoms with Crippen LogP contribution >= 0.6 is 12.2 Å². The number of nitrogens with zero attached hydrogens (tertiary/aromatic N) is 2. The highest BCUT2D eigenvalue weighted by molar-refractivity contribution is 7.80. The molecule has 6 rings (SSSR count). The summed E-state index contributed by atoms with van der Waals surface area (Å²) in [6.07, 6.45) is -0.964. The molecule has 4 fully saturated rings. The van der Waals surface area contributed by atoms with Gasteiger partial charge in [0.25, 0.3) is 0 Å². The molecule has 5 nitrogen and oxygen atoms in total. The summed E-state index contributed by atoms with van der Waals surface area (Å²) in [5.74, 6) is -1.01. The Morgan fingerprint density at radius 1 is 1.11 bits per heavy atom. The number of aliphatic hydroxyl groups excluding tert-OH is 1. The van der Waals surface area contributed by atoms with Crippen LogP contribution in [-0.2, 0) is 16.1 Å². The molecule has 28 heavy (non-hydrogen) atoms. The van der Waals surface area contributed by atoms with E-state index in [4.69, 9.17) is 17.0 Å². The van der Waals surface area contributed by atoms with Gasteiger partial charge in [-0.15, -0.1) is 0 Å². The van der Waals surface area contributed by atoms with Gasteiger partial charge in [0.1, 0.15) is 11.9 Å². The van der Waals surface area contributed by atoms with Crippen LogP contribution in [0.2, 0.25) is 0 Å². The van der Waals surface area contributed by atoms with E-state index in [1.54, 1.807) is 12.1 Å². The molecule has 0 unspecified atom stereocenters. The number of halogens is 1. The van der Waals surface area contributed by atoms with Gasteiger partial charge in [0.15, 0.2) is 5.11 Å². The summed E-state index contributed by atoms with van der Waals surface area (Å²) in [6, 6.07) is 15.6. The van der Waals surface area contributed by atoms with Crippen LogP contribution < -0.4 is 4.90 Å². The van der Waals surface area contributed by atoms with E-state index in [1.807, 2.05) is 40.1 Å². The predicted molar refractivity (Wildman–Crippen MR) is 105 cm³/mol. The maximum atomic E-state index is 13.3. The Bertz CT molecular complexity index is 923. The van der Waals surface area contributed by atoms with Crippen molar-refractivity contribution in [3.63, 3.8) is 0 Å². The van der Waals surface area contributed by atoms with Gasteiger partial charge in [-0.05, 0) is 48.5 Å². The summed E-state index contributed by atoms with van der Waals surface area (Å²) in [6.45, 7) is 0.455. The molecule has 2 aromatic carbocycles. The van der Waals surface area contributed by atoms with Crippen molar-refractivity contribution in [3.05, 3.63) is 66.0 Å². The topological polar surface area (TPSA) is 53.0 Å². The van der Waals surface area contributed by atoms with Gasteiger partial charge in [0.05, 0.1) is 24.1 Å². The lowest BCUT2D eigenvalue weighted by molar-refractivity contribution is -0.194. The summed E-state index contributed by atoms with van der Waals surface area (Å²) in [7, 11) is 0. The average Bonchev–Trinajstić information content (AvgIpc) is 2.99. The second-order valence-corrected chi connectivity index (χ2v) is 7.90. The average molecular weight is 398 g/mol. The summed E-state index contributed by atoms with van der Waals surface area (Å²) < 4.78 is 18.9. The van der Waals surface area contributed by atoms with Crippen LogP contribution in [0.1, 0.15) is 12.0 Å². The molecule has 0 amide bonds. The number of esters is 1.